The molecule has 0 bridgehead atoms. The Balaban J connectivity index is 1.67. The van der Waals surface area contributed by atoms with Gasteiger partial charge in [0.1, 0.15) is 0 Å². The van der Waals surface area contributed by atoms with Gasteiger partial charge in [0, 0.05) is 24.2 Å². The van der Waals surface area contributed by atoms with E-state index in [1.54, 1.807) is 0 Å². The largest absolute Gasteiger partial charge is 0.294 e. The van der Waals surface area contributed by atoms with Crippen LogP contribution >= 0.6 is 0 Å². The maximum Gasteiger partial charge on any atom is 0.0794 e. The van der Waals surface area contributed by atoms with E-state index in [0.717, 1.165) is 47.7 Å². The van der Waals surface area contributed by atoms with Crippen LogP contribution in [0, 0.1) is 29.6 Å². The Labute approximate surface area is 162 Å². The molecule has 0 saturated carbocycles. The third-order valence-corrected chi connectivity index (χ3v) is 10.1. The van der Waals surface area contributed by atoms with Crippen molar-refractivity contribution < 1.29 is 0 Å². The third kappa shape index (κ3) is 2.29. The van der Waals surface area contributed by atoms with Gasteiger partial charge in [-0.1, -0.05) is 20.8 Å². The van der Waals surface area contributed by atoms with E-state index in [4.69, 9.17) is 0 Å². The van der Waals surface area contributed by atoms with Gasteiger partial charge in [-0.15, -0.1) is 0 Å². The van der Waals surface area contributed by atoms with Crippen molar-refractivity contribution in [1.29, 1.82) is 0 Å². The van der Waals surface area contributed by atoms with Gasteiger partial charge in [-0.3, -0.25) is 14.7 Å². The van der Waals surface area contributed by atoms with Crippen molar-refractivity contribution in [3.05, 3.63) is 0 Å². The van der Waals surface area contributed by atoms with Crippen LogP contribution < -0.4 is 0 Å². The summed E-state index contributed by atoms with van der Waals surface area (Å²) in [5, 5.41) is 0. The fraction of sp³-hybridized carbons (Fsp3) is 1.00. The monoisotopic (exact) mass is 361 g/mol. The van der Waals surface area contributed by atoms with E-state index >= 15 is 0 Å². The summed E-state index contributed by atoms with van der Waals surface area (Å²) in [5.74, 6) is 4.15. The van der Waals surface area contributed by atoms with Crippen LogP contribution in [0.5, 0.6) is 0 Å². The number of nitrogens with zero attached hydrogens (tertiary/aromatic N) is 3. The molecule has 0 N–H and O–H groups in total. The van der Waals surface area contributed by atoms with Crippen LogP contribution in [0.3, 0.4) is 0 Å². The zero-order valence-electron chi connectivity index (χ0n) is 18.6. The van der Waals surface area contributed by atoms with Gasteiger partial charge in [-0.05, 0) is 96.7 Å². The van der Waals surface area contributed by atoms with Crippen molar-refractivity contribution in [3.8, 4) is 0 Å². The van der Waals surface area contributed by atoms with Gasteiger partial charge < -0.3 is 0 Å². The molecule has 150 valence electrons. The van der Waals surface area contributed by atoms with Gasteiger partial charge in [0.25, 0.3) is 0 Å². The third-order valence-electron chi connectivity index (χ3n) is 10.1. The van der Waals surface area contributed by atoms with Crippen molar-refractivity contribution >= 4 is 0 Å². The van der Waals surface area contributed by atoms with Crippen molar-refractivity contribution in [2.45, 2.75) is 97.1 Å². The van der Waals surface area contributed by atoms with Gasteiger partial charge in [-0.2, -0.15) is 0 Å². The molecule has 4 aliphatic rings. The first-order valence-electron chi connectivity index (χ1n) is 11.4. The highest BCUT2D eigenvalue weighted by atomic mass is 15.4. The molecule has 1 spiro atoms. The lowest BCUT2D eigenvalue weighted by Crippen LogP contribution is -2.63. The summed E-state index contributed by atoms with van der Waals surface area (Å²) in [4.78, 5) is 8.47. The minimum atomic E-state index is 0.297. The molecular formula is C23H43N3. The normalized spacial score (nSPS) is 56.5. The molecule has 4 aliphatic heterocycles. The quantitative estimate of drug-likeness (QED) is 0.695. The number of hydrogen-bond donors (Lipinski definition) is 0. The topological polar surface area (TPSA) is 9.72 Å². The van der Waals surface area contributed by atoms with Crippen LogP contribution in [-0.2, 0) is 0 Å². The second-order valence-electron chi connectivity index (χ2n) is 10.7. The zero-order chi connectivity index (χ0) is 19.0. The summed E-state index contributed by atoms with van der Waals surface area (Å²) in [5.41, 5.74) is 0.297. The summed E-state index contributed by atoms with van der Waals surface area (Å²) in [6.07, 6.45) is 5.62. The number of rotatable bonds is 1. The fourth-order valence-corrected chi connectivity index (χ4v) is 8.31. The number of likely N-dealkylation sites (tertiary alicyclic amines) is 2. The van der Waals surface area contributed by atoms with E-state index in [9.17, 15) is 0 Å². The Kier molecular flexibility index (Phi) is 4.77. The summed E-state index contributed by atoms with van der Waals surface area (Å²) in [7, 11) is 4.83. The number of piperidine rings is 1. The van der Waals surface area contributed by atoms with Crippen LogP contribution in [0.1, 0.15) is 67.2 Å². The van der Waals surface area contributed by atoms with Crippen LogP contribution in [0.4, 0.5) is 0 Å². The second-order valence-corrected chi connectivity index (χ2v) is 10.7. The highest BCUT2D eigenvalue weighted by Gasteiger charge is 2.62. The van der Waals surface area contributed by atoms with Crippen molar-refractivity contribution in [2.24, 2.45) is 29.6 Å². The first kappa shape index (κ1) is 19.2. The lowest BCUT2D eigenvalue weighted by atomic mass is 9.69. The minimum absolute atomic E-state index is 0.297. The molecule has 0 aliphatic carbocycles. The van der Waals surface area contributed by atoms with E-state index < -0.39 is 0 Å². The van der Waals surface area contributed by atoms with Gasteiger partial charge in [0.2, 0.25) is 0 Å². The first-order valence-corrected chi connectivity index (χ1v) is 11.4. The van der Waals surface area contributed by atoms with Crippen LogP contribution in [0.15, 0.2) is 0 Å². The van der Waals surface area contributed by atoms with Crippen molar-refractivity contribution in [3.63, 3.8) is 0 Å². The summed E-state index contributed by atoms with van der Waals surface area (Å²) in [6.45, 7) is 16.4. The van der Waals surface area contributed by atoms with Gasteiger partial charge in [0.05, 0.1) is 5.66 Å². The molecule has 0 radical (unpaired) electrons. The predicted molar refractivity (Wildman–Crippen MR) is 110 cm³/mol. The van der Waals surface area contributed by atoms with E-state index in [-0.39, 0.29) is 0 Å². The molecule has 0 aromatic rings. The zero-order valence-corrected chi connectivity index (χ0v) is 18.6. The van der Waals surface area contributed by atoms with Crippen LogP contribution in [0.2, 0.25) is 0 Å². The van der Waals surface area contributed by atoms with Crippen LogP contribution in [0.25, 0.3) is 0 Å². The Bertz CT molecular complexity index is 524. The summed E-state index contributed by atoms with van der Waals surface area (Å²) in [6, 6.07) is 3.02. The molecule has 3 heteroatoms. The highest BCUT2D eigenvalue weighted by Crippen LogP contribution is 2.56. The lowest BCUT2D eigenvalue weighted by Gasteiger charge is -2.53. The molecule has 3 nitrogen and oxygen atoms in total. The van der Waals surface area contributed by atoms with Gasteiger partial charge in [0.15, 0.2) is 0 Å². The van der Waals surface area contributed by atoms with Crippen molar-refractivity contribution in [1.82, 2.24) is 14.7 Å². The molecule has 4 heterocycles. The molecule has 4 rings (SSSR count). The Hall–Kier alpha value is -0.120. The minimum Gasteiger partial charge on any atom is -0.294 e. The molecule has 4 fully saturated rings. The SMILES string of the molecule is CC1CCN(C)C12[C@@H]([C@H]1CC[C@H]3[C@@H](C)[C@@H](C)[C@@H](C)N3[C@H]1C)C[C@@H](C)N2C. The van der Waals surface area contributed by atoms with E-state index in [0.29, 0.717) is 11.7 Å². The summed E-state index contributed by atoms with van der Waals surface area (Å²) >= 11 is 0. The number of fused-ring (bicyclic) bond motifs is 1. The molecule has 26 heavy (non-hydrogen) atoms. The molecule has 0 aromatic carbocycles. The smallest absolute Gasteiger partial charge is 0.0794 e. The molecule has 0 amide bonds. The molecule has 4 saturated heterocycles. The maximum absolute atomic E-state index is 2.96. The van der Waals surface area contributed by atoms with Crippen LogP contribution in [-0.4, -0.2) is 65.2 Å². The highest BCUT2D eigenvalue weighted by molar-refractivity contribution is 5.13. The van der Waals surface area contributed by atoms with E-state index in [1.807, 2.05) is 0 Å². The average molecular weight is 362 g/mol. The molecule has 10 atom stereocenters. The molecule has 0 aromatic heterocycles. The standard InChI is InChI=1S/C23H43N3/c1-14-11-12-24(7)23(14)21(13-15(2)25(23)8)20-9-10-22-17(4)16(3)18(5)26(22)19(20)6/h14-22H,9-13H2,1-8H3/t14?,15-,16-,17+,18-,19+,20+,21-,22+,23?/m1/s1. The Morgan fingerprint density at radius 2 is 1.50 bits per heavy atom. The summed E-state index contributed by atoms with van der Waals surface area (Å²) < 4.78 is 0. The Morgan fingerprint density at radius 1 is 0.808 bits per heavy atom. The second kappa shape index (κ2) is 6.46. The molecular weight excluding hydrogens is 318 g/mol. The first-order chi connectivity index (χ1) is 12.2. The number of hydrogen-bond acceptors (Lipinski definition) is 3. The maximum atomic E-state index is 2.96. The predicted octanol–water partition coefficient (Wildman–Crippen LogP) is 4.14. The van der Waals surface area contributed by atoms with Gasteiger partial charge in [-0.25, -0.2) is 0 Å². The van der Waals surface area contributed by atoms with E-state index in [2.05, 4.69) is 70.3 Å². The Morgan fingerprint density at radius 3 is 2.12 bits per heavy atom. The molecule has 2 unspecified atom stereocenters. The van der Waals surface area contributed by atoms with Gasteiger partial charge >= 0.3 is 0 Å². The van der Waals surface area contributed by atoms with Crippen molar-refractivity contribution in [2.75, 3.05) is 20.6 Å². The lowest BCUT2D eigenvalue weighted by molar-refractivity contribution is -0.0823. The average Bonchev–Trinajstić information content (AvgIpc) is 3.14. The fourth-order valence-electron chi connectivity index (χ4n) is 8.31. The van der Waals surface area contributed by atoms with E-state index in [1.165, 1.54) is 32.2 Å².